The van der Waals surface area contributed by atoms with Crippen LogP contribution in [0.1, 0.15) is 57.3 Å². The van der Waals surface area contributed by atoms with Crippen molar-refractivity contribution < 1.29 is 19.4 Å². The predicted molar refractivity (Wildman–Crippen MR) is 87.3 cm³/mol. The third kappa shape index (κ3) is 2.67. The fourth-order valence-corrected chi connectivity index (χ4v) is 3.10. The number of hydrogen-bond acceptors (Lipinski definition) is 5. The summed E-state index contributed by atoms with van der Waals surface area (Å²) in [4.78, 5) is 11.7. The van der Waals surface area contributed by atoms with E-state index in [4.69, 9.17) is 14.7 Å². The summed E-state index contributed by atoms with van der Waals surface area (Å²) in [5, 5.41) is 20.3. The highest BCUT2D eigenvalue weighted by Crippen LogP contribution is 2.49. The molecule has 2 atom stereocenters. The molecule has 1 heterocycles. The summed E-state index contributed by atoms with van der Waals surface area (Å²) < 4.78 is 12.0. The Labute approximate surface area is 141 Å². The lowest BCUT2D eigenvalue weighted by Crippen LogP contribution is -2.58. The van der Waals surface area contributed by atoms with Gasteiger partial charge >= 0.3 is 0 Å². The molecule has 1 aliphatic carbocycles. The van der Waals surface area contributed by atoms with Crippen LogP contribution in [-0.2, 0) is 9.53 Å². The number of carbonyl (C=O) groups excluding carboxylic acids is 1. The molecule has 0 saturated carbocycles. The molecular formula is C19H21NO4. The Bertz CT molecular complexity index is 755. The van der Waals surface area contributed by atoms with Gasteiger partial charge in [0.1, 0.15) is 22.7 Å². The maximum atomic E-state index is 11.7. The molecule has 1 aromatic rings. The lowest BCUT2D eigenvalue weighted by Gasteiger charge is -2.49. The van der Waals surface area contributed by atoms with Gasteiger partial charge in [-0.25, -0.2) is 0 Å². The first-order valence-corrected chi connectivity index (χ1v) is 8.10. The van der Waals surface area contributed by atoms with E-state index >= 15 is 0 Å². The summed E-state index contributed by atoms with van der Waals surface area (Å²) in [5.74, 6) is 1.19. The smallest absolute Gasteiger partial charge is 0.159 e. The minimum Gasteiger partial charge on any atom is -0.487 e. The van der Waals surface area contributed by atoms with Gasteiger partial charge in [-0.05, 0) is 45.4 Å². The van der Waals surface area contributed by atoms with Gasteiger partial charge in [-0.3, -0.25) is 4.79 Å². The Hall–Kier alpha value is -2.32. The molecule has 0 fully saturated rings. The number of benzene rings is 1. The van der Waals surface area contributed by atoms with Crippen LogP contribution in [0.25, 0.3) is 0 Å². The summed E-state index contributed by atoms with van der Waals surface area (Å²) in [6.45, 7) is 5.25. The Kier molecular flexibility index (Phi) is 3.89. The topological polar surface area (TPSA) is 79.5 Å². The van der Waals surface area contributed by atoms with Crippen molar-refractivity contribution in [3.63, 3.8) is 0 Å². The third-order valence-electron chi connectivity index (χ3n) is 4.95. The molecule has 0 radical (unpaired) electrons. The largest absolute Gasteiger partial charge is 0.487 e. The van der Waals surface area contributed by atoms with Crippen molar-refractivity contribution in [3.8, 4) is 11.8 Å². The minimum atomic E-state index is -1.34. The molecule has 3 rings (SSSR count). The zero-order chi connectivity index (χ0) is 17.5. The average Bonchev–Trinajstić information content (AvgIpc) is 2.51. The van der Waals surface area contributed by atoms with Gasteiger partial charge in [-0.1, -0.05) is 0 Å². The molecule has 1 aromatic carbocycles. The number of carbonyl (C=O) groups is 1. The minimum absolute atomic E-state index is 0.0354. The molecule has 24 heavy (non-hydrogen) atoms. The van der Waals surface area contributed by atoms with E-state index in [1.807, 2.05) is 0 Å². The lowest BCUT2D eigenvalue weighted by molar-refractivity contribution is -0.189. The van der Waals surface area contributed by atoms with Crippen LogP contribution >= 0.6 is 0 Å². The molecule has 0 aromatic heterocycles. The van der Waals surface area contributed by atoms with Crippen LogP contribution in [0.2, 0.25) is 0 Å². The van der Waals surface area contributed by atoms with Crippen molar-refractivity contribution in [2.45, 2.75) is 57.3 Å². The monoisotopic (exact) mass is 327 g/mol. The SMILES string of the molecule is CC1(C)Oc2ccc(C#N)cc2C(OC2=CC(=O)CCC2)C1(C)O. The van der Waals surface area contributed by atoms with Crippen LogP contribution in [0, 0.1) is 11.3 Å². The molecule has 5 nitrogen and oxygen atoms in total. The second kappa shape index (κ2) is 5.64. The molecule has 1 N–H and O–H groups in total. The first-order valence-electron chi connectivity index (χ1n) is 8.10. The normalized spacial score (nSPS) is 28.2. The quantitative estimate of drug-likeness (QED) is 0.902. The van der Waals surface area contributed by atoms with Crippen LogP contribution in [0.5, 0.6) is 5.75 Å². The molecule has 0 spiro atoms. The van der Waals surface area contributed by atoms with Crippen molar-refractivity contribution in [3.05, 3.63) is 41.2 Å². The fraction of sp³-hybridized carbons (Fsp3) is 0.474. The van der Waals surface area contributed by atoms with E-state index in [9.17, 15) is 9.90 Å². The number of aliphatic hydroxyl groups is 1. The number of nitriles is 1. The van der Waals surface area contributed by atoms with Crippen molar-refractivity contribution in [2.24, 2.45) is 0 Å². The van der Waals surface area contributed by atoms with Crippen molar-refractivity contribution >= 4 is 5.78 Å². The molecule has 1 aliphatic heterocycles. The number of nitrogens with zero attached hydrogens (tertiary/aromatic N) is 1. The summed E-state index contributed by atoms with van der Waals surface area (Å²) in [7, 11) is 0. The van der Waals surface area contributed by atoms with Crippen LogP contribution in [-0.4, -0.2) is 22.1 Å². The molecule has 5 heteroatoms. The van der Waals surface area contributed by atoms with Gasteiger partial charge in [0.2, 0.25) is 0 Å². The van der Waals surface area contributed by atoms with Crippen LogP contribution < -0.4 is 4.74 Å². The van der Waals surface area contributed by atoms with E-state index in [1.54, 1.807) is 39.0 Å². The maximum absolute atomic E-state index is 11.7. The fourth-order valence-electron chi connectivity index (χ4n) is 3.10. The highest BCUT2D eigenvalue weighted by Gasteiger charge is 2.54. The summed E-state index contributed by atoms with van der Waals surface area (Å²) in [5.41, 5.74) is -1.14. The highest BCUT2D eigenvalue weighted by molar-refractivity contribution is 5.90. The number of fused-ring (bicyclic) bond motifs is 1. The number of allylic oxidation sites excluding steroid dienone is 2. The van der Waals surface area contributed by atoms with E-state index in [-0.39, 0.29) is 5.78 Å². The van der Waals surface area contributed by atoms with Crippen molar-refractivity contribution in [1.29, 1.82) is 5.26 Å². The first kappa shape index (κ1) is 16.5. The van der Waals surface area contributed by atoms with Gasteiger partial charge in [-0.2, -0.15) is 5.26 Å². The number of rotatable bonds is 2. The van der Waals surface area contributed by atoms with Gasteiger partial charge in [0.05, 0.1) is 11.6 Å². The van der Waals surface area contributed by atoms with Gasteiger partial charge in [-0.15, -0.1) is 0 Å². The molecule has 126 valence electrons. The predicted octanol–water partition coefficient (Wildman–Crippen LogP) is 3.17. The van der Waals surface area contributed by atoms with Crippen molar-refractivity contribution in [2.75, 3.05) is 0 Å². The van der Waals surface area contributed by atoms with E-state index in [0.717, 1.165) is 6.42 Å². The number of ketones is 1. The maximum Gasteiger partial charge on any atom is 0.159 e. The molecule has 2 unspecified atom stereocenters. The Morgan fingerprint density at radius 2 is 2.08 bits per heavy atom. The molecule has 0 bridgehead atoms. The Morgan fingerprint density at radius 3 is 2.75 bits per heavy atom. The van der Waals surface area contributed by atoms with Gasteiger partial charge < -0.3 is 14.6 Å². The van der Waals surface area contributed by atoms with Crippen LogP contribution in [0.15, 0.2) is 30.0 Å². The van der Waals surface area contributed by atoms with E-state index < -0.39 is 17.3 Å². The van der Waals surface area contributed by atoms with E-state index in [1.165, 1.54) is 6.08 Å². The zero-order valence-corrected chi connectivity index (χ0v) is 14.1. The molecule has 0 saturated heterocycles. The summed E-state index contributed by atoms with van der Waals surface area (Å²) in [6.07, 6.45) is 2.71. The van der Waals surface area contributed by atoms with Crippen LogP contribution in [0.4, 0.5) is 0 Å². The summed E-state index contributed by atoms with van der Waals surface area (Å²) >= 11 is 0. The van der Waals surface area contributed by atoms with Crippen LogP contribution in [0.3, 0.4) is 0 Å². The van der Waals surface area contributed by atoms with Gasteiger partial charge in [0, 0.05) is 24.5 Å². The Balaban J connectivity index is 2.07. The number of ether oxygens (including phenoxy) is 2. The molecule has 2 aliphatic rings. The van der Waals surface area contributed by atoms with E-state index in [2.05, 4.69) is 6.07 Å². The standard InChI is InChI=1S/C19H21NO4/c1-18(2)19(3,22)17(23-14-6-4-5-13(21)10-14)15-9-12(11-20)7-8-16(15)24-18/h7-10,17,22H,4-6H2,1-3H3. The highest BCUT2D eigenvalue weighted by atomic mass is 16.6. The molecule has 0 amide bonds. The number of hydrogen-bond donors (Lipinski definition) is 1. The van der Waals surface area contributed by atoms with Gasteiger partial charge in [0.25, 0.3) is 0 Å². The molecular weight excluding hydrogens is 306 g/mol. The Morgan fingerprint density at radius 1 is 1.33 bits per heavy atom. The lowest BCUT2D eigenvalue weighted by atomic mass is 9.76. The zero-order valence-electron chi connectivity index (χ0n) is 14.1. The average molecular weight is 327 g/mol. The first-order chi connectivity index (χ1) is 11.2. The second-order valence-electron chi connectivity index (χ2n) is 7.05. The van der Waals surface area contributed by atoms with E-state index in [0.29, 0.717) is 35.5 Å². The second-order valence-corrected chi connectivity index (χ2v) is 7.05. The van der Waals surface area contributed by atoms with Crippen molar-refractivity contribution in [1.82, 2.24) is 0 Å². The van der Waals surface area contributed by atoms with Gasteiger partial charge in [0.15, 0.2) is 11.9 Å². The summed E-state index contributed by atoms with van der Waals surface area (Å²) in [6, 6.07) is 7.17. The third-order valence-corrected chi connectivity index (χ3v) is 4.95.